The highest BCUT2D eigenvalue weighted by atomic mass is 32.2. The van der Waals surface area contributed by atoms with Crippen LogP contribution in [0.2, 0.25) is 0 Å². The largest absolute Gasteiger partial charge is 0.468 e. The van der Waals surface area contributed by atoms with Crippen molar-refractivity contribution in [2.45, 2.75) is 31.2 Å². The standard InChI is InChI=1S/C14H21NO2S/c1-10-5-6-11(2)13(9-10)18-8-7-12(15-3)14(16)17-4/h5-6,9,12,15H,7-8H2,1-4H3. The van der Waals surface area contributed by atoms with E-state index >= 15 is 0 Å². The Balaban J connectivity index is 2.50. The summed E-state index contributed by atoms with van der Waals surface area (Å²) in [5.41, 5.74) is 2.55. The van der Waals surface area contributed by atoms with E-state index in [0.717, 1.165) is 12.2 Å². The zero-order valence-corrected chi connectivity index (χ0v) is 12.3. The number of rotatable bonds is 6. The molecule has 1 aromatic carbocycles. The third-order valence-electron chi connectivity index (χ3n) is 2.84. The smallest absolute Gasteiger partial charge is 0.322 e. The molecule has 0 saturated heterocycles. The van der Waals surface area contributed by atoms with E-state index in [9.17, 15) is 4.79 Å². The van der Waals surface area contributed by atoms with Gasteiger partial charge >= 0.3 is 5.97 Å². The van der Waals surface area contributed by atoms with Gasteiger partial charge in [0.1, 0.15) is 6.04 Å². The molecule has 1 aromatic rings. The average molecular weight is 267 g/mol. The number of carbonyl (C=O) groups excluding carboxylic acids is 1. The van der Waals surface area contributed by atoms with Gasteiger partial charge in [-0.2, -0.15) is 0 Å². The zero-order valence-electron chi connectivity index (χ0n) is 11.4. The monoisotopic (exact) mass is 267 g/mol. The van der Waals surface area contributed by atoms with Crippen LogP contribution in [0.3, 0.4) is 0 Å². The van der Waals surface area contributed by atoms with Crippen molar-refractivity contribution in [1.82, 2.24) is 5.32 Å². The lowest BCUT2D eigenvalue weighted by Gasteiger charge is -2.13. The number of esters is 1. The summed E-state index contributed by atoms with van der Waals surface area (Å²) in [7, 11) is 3.20. The summed E-state index contributed by atoms with van der Waals surface area (Å²) >= 11 is 1.79. The lowest BCUT2D eigenvalue weighted by molar-refractivity contribution is -0.143. The maximum absolute atomic E-state index is 11.4. The summed E-state index contributed by atoms with van der Waals surface area (Å²) in [6.07, 6.45) is 0.765. The van der Waals surface area contributed by atoms with Crippen molar-refractivity contribution in [2.24, 2.45) is 0 Å². The number of thioether (sulfide) groups is 1. The predicted molar refractivity (Wildman–Crippen MR) is 76.1 cm³/mol. The van der Waals surface area contributed by atoms with Crippen molar-refractivity contribution in [3.8, 4) is 0 Å². The molecule has 100 valence electrons. The second-order valence-electron chi connectivity index (χ2n) is 4.27. The first-order chi connectivity index (χ1) is 8.58. The molecule has 0 heterocycles. The van der Waals surface area contributed by atoms with Gasteiger partial charge in [-0.25, -0.2) is 0 Å². The Morgan fingerprint density at radius 3 is 2.78 bits per heavy atom. The van der Waals surface area contributed by atoms with Crippen molar-refractivity contribution in [2.75, 3.05) is 19.9 Å². The highest BCUT2D eigenvalue weighted by Crippen LogP contribution is 2.24. The molecule has 4 heteroatoms. The Morgan fingerprint density at radius 1 is 1.44 bits per heavy atom. The number of ether oxygens (including phenoxy) is 1. The Kier molecular flexibility index (Phi) is 6.22. The predicted octanol–water partition coefficient (Wildman–Crippen LogP) is 2.55. The van der Waals surface area contributed by atoms with Crippen LogP contribution in [0.4, 0.5) is 0 Å². The molecular formula is C14H21NO2S. The van der Waals surface area contributed by atoms with Gasteiger partial charge in [0, 0.05) is 10.6 Å². The van der Waals surface area contributed by atoms with Gasteiger partial charge in [-0.15, -0.1) is 11.8 Å². The molecule has 0 saturated carbocycles. The van der Waals surface area contributed by atoms with E-state index in [1.165, 1.54) is 23.1 Å². The number of aryl methyl sites for hydroxylation is 2. The Hall–Kier alpha value is -1.00. The Bertz CT molecular complexity index is 407. The Morgan fingerprint density at radius 2 is 2.17 bits per heavy atom. The van der Waals surface area contributed by atoms with E-state index in [0.29, 0.717) is 0 Å². The summed E-state index contributed by atoms with van der Waals surface area (Å²) in [5, 5.41) is 2.98. The number of hydrogen-bond acceptors (Lipinski definition) is 4. The highest BCUT2D eigenvalue weighted by molar-refractivity contribution is 7.99. The molecule has 1 rings (SSSR count). The molecule has 1 N–H and O–H groups in total. The number of likely N-dealkylation sites (N-methyl/N-ethyl adjacent to an activating group) is 1. The van der Waals surface area contributed by atoms with Crippen LogP contribution in [0, 0.1) is 13.8 Å². The van der Waals surface area contributed by atoms with Crippen LogP contribution in [0.25, 0.3) is 0 Å². The zero-order chi connectivity index (χ0) is 13.5. The normalized spacial score (nSPS) is 12.2. The van der Waals surface area contributed by atoms with E-state index in [1.807, 2.05) is 0 Å². The van der Waals surface area contributed by atoms with Crippen molar-refractivity contribution in [3.05, 3.63) is 29.3 Å². The van der Waals surface area contributed by atoms with Crippen LogP contribution in [-0.2, 0) is 9.53 Å². The molecular weight excluding hydrogens is 246 g/mol. The minimum absolute atomic E-state index is 0.195. The molecule has 0 aliphatic rings. The average Bonchev–Trinajstić information content (AvgIpc) is 2.37. The van der Waals surface area contributed by atoms with Gasteiger partial charge in [0.25, 0.3) is 0 Å². The Labute approximate surface area is 113 Å². The number of hydrogen-bond donors (Lipinski definition) is 1. The third kappa shape index (κ3) is 4.35. The molecule has 1 unspecified atom stereocenters. The van der Waals surface area contributed by atoms with E-state index in [-0.39, 0.29) is 12.0 Å². The molecule has 0 fully saturated rings. The topological polar surface area (TPSA) is 38.3 Å². The van der Waals surface area contributed by atoms with Gasteiger partial charge in [0.05, 0.1) is 7.11 Å². The molecule has 0 amide bonds. The summed E-state index contributed by atoms with van der Waals surface area (Å²) in [4.78, 5) is 12.7. The van der Waals surface area contributed by atoms with E-state index < -0.39 is 0 Å². The van der Waals surface area contributed by atoms with Crippen molar-refractivity contribution in [1.29, 1.82) is 0 Å². The minimum Gasteiger partial charge on any atom is -0.468 e. The molecule has 18 heavy (non-hydrogen) atoms. The maximum Gasteiger partial charge on any atom is 0.322 e. The quantitative estimate of drug-likeness (QED) is 0.635. The second kappa shape index (κ2) is 7.44. The van der Waals surface area contributed by atoms with Gasteiger partial charge < -0.3 is 10.1 Å². The molecule has 0 aromatic heterocycles. The van der Waals surface area contributed by atoms with E-state index in [4.69, 9.17) is 4.74 Å². The lowest BCUT2D eigenvalue weighted by Crippen LogP contribution is -2.35. The molecule has 0 radical (unpaired) electrons. The van der Waals surface area contributed by atoms with Crippen LogP contribution in [0.15, 0.2) is 23.1 Å². The van der Waals surface area contributed by atoms with Crippen LogP contribution >= 0.6 is 11.8 Å². The second-order valence-corrected chi connectivity index (χ2v) is 5.41. The summed E-state index contributed by atoms with van der Waals surface area (Å²) in [6.45, 7) is 4.20. The fraction of sp³-hybridized carbons (Fsp3) is 0.500. The van der Waals surface area contributed by atoms with Gasteiger partial charge in [0.15, 0.2) is 0 Å². The third-order valence-corrected chi connectivity index (χ3v) is 4.03. The number of nitrogens with one attached hydrogen (secondary N) is 1. The lowest BCUT2D eigenvalue weighted by atomic mass is 10.2. The summed E-state index contributed by atoms with van der Waals surface area (Å²) < 4.78 is 4.74. The molecule has 0 aliphatic heterocycles. The van der Waals surface area contributed by atoms with Crippen LogP contribution in [-0.4, -0.2) is 31.9 Å². The van der Waals surface area contributed by atoms with Gasteiger partial charge in [-0.3, -0.25) is 4.79 Å². The molecule has 3 nitrogen and oxygen atoms in total. The highest BCUT2D eigenvalue weighted by Gasteiger charge is 2.16. The van der Waals surface area contributed by atoms with Crippen molar-refractivity contribution < 1.29 is 9.53 Å². The summed E-state index contributed by atoms with van der Waals surface area (Å²) in [5.74, 6) is 0.698. The van der Waals surface area contributed by atoms with Gasteiger partial charge in [-0.1, -0.05) is 17.7 Å². The van der Waals surface area contributed by atoms with E-state index in [1.54, 1.807) is 18.8 Å². The summed E-state index contributed by atoms with van der Waals surface area (Å²) in [6, 6.07) is 6.22. The molecule has 0 spiro atoms. The van der Waals surface area contributed by atoms with Crippen LogP contribution < -0.4 is 5.32 Å². The molecule has 0 bridgehead atoms. The SMILES string of the molecule is CNC(CCSc1cc(C)ccc1C)C(=O)OC. The van der Waals surface area contributed by atoms with E-state index in [2.05, 4.69) is 37.4 Å². The van der Waals surface area contributed by atoms with Crippen LogP contribution in [0.1, 0.15) is 17.5 Å². The van der Waals surface area contributed by atoms with Gasteiger partial charge in [-0.05, 0) is 38.9 Å². The van der Waals surface area contributed by atoms with Crippen LogP contribution in [0.5, 0.6) is 0 Å². The first-order valence-electron chi connectivity index (χ1n) is 6.03. The number of benzene rings is 1. The molecule has 1 atom stereocenters. The first-order valence-corrected chi connectivity index (χ1v) is 7.02. The minimum atomic E-state index is -0.215. The maximum atomic E-state index is 11.4. The van der Waals surface area contributed by atoms with Crippen molar-refractivity contribution >= 4 is 17.7 Å². The van der Waals surface area contributed by atoms with Gasteiger partial charge in [0.2, 0.25) is 0 Å². The van der Waals surface area contributed by atoms with Crippen molar-refractivity contribution in [3.63, 3.8) is 0 Å². The fourth-order valence-electron chi connectivity index (χ4n) is 1.67. The first kappa shape index (κ1) is 15.1. The number of methoxy groups -OCH3 is 1. The fourth-order valence-corrected chi connectivity index (χ4v) is 2.81. The number of carbonyl (C=O) groups is 1. The molecule has 0 aliphatic carbocycles.